The lowest BCUT2D eigenvalue weighted by molar-refractivity contribution is 0.596. The lowest BCUT2D eigenvalue weighted by Gasteiger charge is -2.30. The van der Waals surface area contributed by atoms with Gasteiger partial charge >= 0.3 is 0 Å². The van der Waals surface area contributed by atoms with Gasteiger partial charge in [-0.2, -0.15) is 11.8 Å². The lowest BCUT2D eigenvalue weighted by Crippen LogP contribution is -2.26. The number of rotatable bonds is 8. The fourth-order valence-corrected chi connectivity index (χ4v) is 3.80. The Morgan fingerprint density at radius 3 is 1.20 bits per heavy atom. The Labute approximate surface area is 106 Å². The summed E-state index contributed by atoms with van der Waals surface area (Å²) in [6, 6.07) is 0. The maximum Gasteiger partial charge on any atom is 0.00239 e. The van der Waals surface area contributed by atoms with E-state index in [1.54, 1.807) is 0 Å². The molecule has 2 atom stereocenters. The van der Waals surface area contributed by atoms with Crippen LogP contribution in [0, 0.1) is 0 Å². The zero-order valence-corrected chi connectivity index (χ0v) is 13.9. The topological polar surface area (TPSA) is 0 Å². The molecule has 0 rings (SSSR count). The average Bonchev–Trinajstić information content (AvgIpc) is 2.28. The van der Waals surface area contributed by atoms with E-state index in [9.17, 15) is 0 Å². The molecular formula is C12H28P2S. The molecule has 3 heteroatoms. The molecule has 2 unspecified atom stereocenters. The summed E-state index contributed by atoms with van der Waals surface area (Å²) in [6.45, 7) is 9.19. The standard InChI is InChI=1S/C12H28P2S/c1-5-11(13,6-2)9-15-10-12(14,7-3)8-4/h5-10,13-14H2,1-4H3. The van der Waals surface area contributed by atoms with Crippen molar-refractivity contribution in [3.63, 3.8) is 0 Å². The van der Waals surface area contributed by atoms with Crippen molar-refractivity contribution < 1.29 is 0 Å². The smallest absolute Gasteiger partial charge is 0.00239 e. The van der Waals surface area contributed by atoms with Crippen molar-refractivity contribution in [1.29, 1.82) is 0 Å². The normalized spacial score (nSPS) is 13.2. The van der Waals surface area contributed by atoms with Gasteiger partial charge in [0.2, 0.25) is 0 Å². The first-order chi connectivity index (χ1) is 6.95. The Morgan fingerprint density at radius 2 is 1.00 bits per heavy atom. The summed E-state index contributed by atoms with van der Waals surface area (Å²) in [5.74, 6) is 2.56. The summed E-state index contributed by atoms with van der Waals surface area (Å²) in [4.78, 5) is 0. The van der Waals surface area contributed by atoms with E-state index in [1.165, 1.54) is 37.2 Å². The first-order valence-corrected chi connectivity index (χ1v) is 8.41. The van der Waals surface area contributed by atoms with Crippen molar-refractivity contribution in [3.05, 3.63) is 0 Å². The molecule has 0 aliphatic rings. The van der Waals surface area contributed by atoms with Crippen LogP contribution in [0.15, 0.2) is 0 Å². The van der Waals surface area contributed by atoms with Gasteiger partial charge in [0.05, 0.1) is 0 Å². The van der Waals surface area contributed by atoms with Crippen LogP contribution < -0.4 is 0 Å². The third-order valence-corrected chi connectivity index (χ3v) is 7.79. The van der Waals surface area contributed by atoms with Gasteiger partial charge in [0.25, 0.3) is 0 Å². The van der Waals surface area contributed by atoms with Gasteiger partial charge in [-0.15, -0.1) is 18.5 Å². The predicted molar refractivity (Wildman–Crippen MR) is 83.4 cm³/mol. The molecule has 0 fully saturated rings. The molecule has 0 radical (unpaired) electrons. The Bertz CT molecular complexity index is 145. The Hall–Kier alpha value is 1.21. The summed E-state index contributed by atoms with van der Waals surface area (Å²) in [6.07, 6.45) is 5.07. The van der Waals surface area contributed by atoms with Gasteiger partial charge in [-0.1, -0.05) is 27.7 Å². The molecule has 0 aromatic rings. The molecule has 0 aliphatic heterocycles. The molecule has 0 amide bonds. The van der Waals surface area contributed by atoms with Crippen LogP contribution >= 0.6 is 30.2 Å². The summed E-state index contributed by atoms with van der Waals surface area (Å²) < 4.78 is 0. The van der Waals surface area contributed by atoms with Gasteiger partial charge in [0.1, 0.15) is 0 Å². The van der Waals surface area contributed by atoms with E-state index < -0.39 is 0 Å². The minimum Gasteiger partial charge on any atom is -0.160 e. The molecule has 92 valence electrons. The number of hydrogen-bond donors (Lipinski definition) is 0. The largest absolute Gasteiger partial charge is 0.160 e. The lowest BCUT2D eigenvalue weighted by atomic mass is 10.1. The highest BCUT2D eigenvalue weighted by Gasteiger charge is 2.24. The molecule has 0 saturated carbocycles. The fraction of sp³-hybridized carbons (Fsp3) is 1.00. The van der Waals surface area contributed by atoms with Gasteiger partial charge in [-0.05, 0) is 36.0 Å². The van der Waals surface area contributed by atoms with E-state index in [1.807, 2.05) is 0 Å². The van der Waals surface area contributed by atoms with Crippen LogP contribution in [0.25, 0.3) is 0 Å². The SMILES string of the molecule is CCC(P)(CC)CSCC(P)(CC)CC. The van der Waals surface area contributed by atoms with Crippen molar-refractivity contribution >= 4 is 30.2 Å². The van der Waals surface area contributed by atoms with Gasteiger partial charge < -0.3 is 0 Å². The maximum atomic E-state index is 3.06. The van der Waals surface area contributed by atoms with Crippen LogP contribution in [0.1, 0.15) is 53.4 Å². The van der Waals surface area contributed by atoms with Gasteiger partial charge in [-0.25, -0.2) is 0 Å². The zero-order valence-electron chi connectivity index (χ0n) is 10.8. The van der Waals surface area contributed by atoms with E-state index in [0.29, 0.717) is 10.3 Å². The van der Waals surface area contributed by atoms with Crippen LogP contribution in [-0.4, -0.2) is 21.8 Å². The van der Waals surface area contributed by atoms with Crippen LogP contribution in [0.2, 0.25) is 0 Å². The predicted octanol–water partition coefficient (Wildman–Crippen LogP) is 4.59. The maximum absolute atomic E-state index is 3.06. The Morgan fingerprint density at radius 1 is 0.733 bits per heavy atom. The van der Waals surface area contributed by atoms with Crippen molar-refractivity contribution in [3.8, 4) is 0 Å². The quantitative estimate of drug-likeness (QED) is 0.579. The molecular weight excluding hydrogens is 238 g/mol. The van der Waals surface area contributed by atoms with Crippen LogP contribution in [0.3, 0.4) is 0 Å². The molecule has 0 heterocycles. The van der Waals surface area contributed by atoms with E-state index >= 15 is 0 Å². The molecule has 15 heavy (non-hydrogen) atoms. The molecule has 0 nitrogen and oxygen atoms in total. The van der Waals surface area contributed by atoms with Crippen molar-refractivity contribution in [2.75, 3.05) is 11.5 Å². The van der Waals surface area contributed by atoms with Crippen LogP contribution in [-0.2, 0) is 0 Å². The summed E-state index contributed by atoms with van der Waals surface area (Å²) in [5, 5.41) is 0.940. The molecule has 0 aliphatic carbocycles. The van der Waals surface area contributed by atoms with Crippen molar-refractivity contribution in [2.24, 2.45) is 0 Å². The summed E-state index contributed by atoms with van der Waals surface area (Å²) in [5.41, 5.74) is 0. The number of thioether (sulfide) groups is 1. The molecule has 0 spiro atoms. The van der Waals surface area contributed by atoms with E-state index in [2.05, 4.69) is 57.9 Å². The second kappa shape index (κ2) is 7.52. The van der Waals surface area contributed by atoms with Crippen LogP contribution in [0.4, 0.5) is 0 Å². The van der Waals surface area contributed by atoms with Crippen molar-refractivity contribution in [2.45, 2.75) is 63.7 Å². The van der Waals surface area contributed by atoms with Crippen LogP contribution in [0.5, 0.6) is 0 Å². The van der Waals surface area contributed by atoms with E-state index in [4.69, 9.17) is 0 Å². The second-order valence-electron chi connectivity index (χ2n) is 4.63. The van der Waals surface area contributed by atoms with E-state index in [-0.39, 0.29) is 0 Å². The molecule has 0 saturated heterocycles. The van der Waals surface area contributed by atoms with Gasteiger partial charge in [0.15, 0.2) is 0 Å². The Balaban J connectivity index is 3.96. The molecule has 0 bridgehead atoms. The first kappa shape index (κ1) is 16.2. The third kappa shape index (κ3) is 5.90. The van der Waals surface area contributed by atoms with E-state index in [0.717, 1.165) is 0 Å². The monoisotopic (exact) mass is 266 g/mol. The molecule has 0 aromatic heterocycles. The zero-order chi connectivity index (χ0) is 11.9. The minimum absolute atomic E-state index is 0.470. The minimum atomic E-state index is 0.470. The van der Waals surface area contributed by atoms with Gasteiger partial charge in [0, 0.05) is 11.5 Å². The molecule has 0 aromatic carbocycles. The molecule has 0 N–H and O–H groups in total. The van der Waals surface area contributed by atoms with Crippen molar-refractivity contribution in [1.82, 2.24) is 0 Å². The average molecular weight is 266 g/mol. The first-order valence-electron chi connectivity index (χ1n) is 6.10. The summed E-state index contributed by atoms with van der Waals surface area (Å²) in [7, 11) is 6.13. The summed E-state index contributed by atoms with van der Waals surface area (Å²) >= 11 is 2.12. The third-order valence-electron chi connectivity index (χ3n) is 3.60. The highest BCUT2D eigenvalue weighted by molar-refractivity contribution is 7.99. The second-order valence-corrected chi connectivity index (χ2v) is 8.07. The number of hydrogen-bond acceptors (Lipinski definition) is 1. The highest BCUT2D eigenvalue weighted by Crippen LogP contribution is 2.35. The van der Waals surface area contributed by atoms with Gasteiger partial charge in [-0.3, -0.25) is 0 Å². The fourth-order valence-electron chi connectivity index (χ4n) is 1.37. The highest BCUT2D eigenvalue weighted by atomic mass is 32.2. The Kier molecular flexibility index (Phi) is 8.13.